The maximum absolute atomic E-state index is 12.4. The number of fused-ring (bicyclic) bond motifs is 1. The van der Waals surface area contributed by atoms with Crippen LogP contribution >= 0.6 is 0 Å². The molecule has 0 spiro atoms. The zero-order valence-corrected chi connectivity index (χ0v) is 16.8. The number of carbonyl (C=O) groups excluding carboxylic acids is 2. The van der Waals surface area contributed by atoms with Gasteiger partial charge in [0, 0.05) is 24.5 Å². The maximum atomic E-state index is 12.4. The highest BCUT2D eigenvalue weighted by atomic mass is 16.7. The number of rotatable bonds is 7. The number of carbonyl (C=O) groups is 2. The third-order valence-corrected chi connectivity index (χ3v) is 5.29. The van der Waals surface area contributed by atoms with E-state index in [4.69, 9.17) is 14.2 Å². The molecule has 1 fully saturated rings. The Morgan fingerprint density at radius 2 is 2.00 bits per heavy atom. The Labute approximate surface area is 178 Å². The zero-order chi connectivity index (χ0) is 21.6. The van der Waals surface area contributed by atoms with E-state index < -0.39 is 6.10 Å². The van der Waals surface area contributed by atoms with Crippen molar-refractivity contribution < 1.29 is 28.9 Å². The topological polar surface area (TPSA) is 132 Å². The van der Waals surface area contributed by atoms with Gasteiger partial charge in [0.15, 0.2) is 11.5 Å². The minimum Gasteiger partial charge on any atom is -0.454 e. The van der Waals surface area contributed by atoms with Crippen molar-refractivity contribution in [3.63, 3.8) is 0 Å². The second kappa shape index (κ2) is 9.71. The van der Waals surface area contributed by atoms with Crippen molar-refractivity contribution >= 4 is 11.8 Å². The summed E-state index contributed by atoms with van der Waals surface area (Å²) in [5.74, 6) is 0.628. The van der Waals surface area contributed by atoms with Crippen LogP contribution in [0, 0.1) is 0 Å². The van der Waals surface area contributed by atoms with Crippen LogP contribution in [0.5, 0.6) is 11.5 Å². The summed E-state index contributed by atoms with van der Waals surface area (Å²) in [6.45, 7) is 0.365. The lowest BCUT2D eigenvalue weighted by Gasteiger charge is -2.36. The molecule has 0 radical (unpaired) electrons. The van der Waals surface area contributed by atoms with E-state index in [0.29, 0.717) is 42.9 Å². The Morgan fingerprint density at radius 3 is 2.81 bits per heavy atom. The van der Waals surface area contributed by atoms with Gasteiger partial charge in [0.2, 0.25) is 6.79 Å². The Hall–Kier alpha value is -3.24. The predicted octanol–water partition coefficient (Wildman–Crippen LogP) is 0.664. The molecule has 1 saturated heterocycles. The Kier molecular flexibility index (Phi) is 6.58. The van der Waals surface area contributed by atoms with Crippen LogP contribution in [-0.4, -0.2) is 65.1 Å². The third-order valence-electron chi connectivity index (χ3n) is 5.29. The van der Waals surface area contributed by atoms with Gasteiger partial charge in [0.1, 0.15) is 11.8 Å². The summed E-state index contributed by atoms with van der Waals surface area (Å²) in [5, 5.41) is 15.4. The van der Waals surface area contributed by atoms with Crippen LogP contribution in [0.3, 0.4) is 0 Å². The molecule has 0 unspecified atom stereocenters. The monoisotopic (exact) mass is 428 g/mol. The Bertz CT molecular complexity index is 925. The van der Waals surface area contributed by atoms with Crippen molar-refractivity contribution in [2.45, 2.75) is 37.5 Å². The standard InChI is InChI=1S/C21H24N4O6/c26-11-19-15(25-21(28)16-10-22-7-8-23-16)3-2-14(31-19)5-6-24-20(27)13-1-4-17-18(9-13)30-12-29-17/h1,4,7-10,14-15,19,26H,2-3,5-6,11-12H2,(H,24,27)(H,25,28)/t14-,15+,19+/m0/s1. The number of aromatic nitrogens is 2. The van der Waals surface area contributed by atoms with E-state index in [2.05, 4.69) is 20.6 Å². The molecule has 4 rings (SSSR count). The molecule has 0 saturated carbocycles. The number of aliphatic hydroxyl groups excluding tert-OH is 1. The van der Waals surface area contributed by atoms with Crippen LogP contribution in [0.15, 0.2) is 36.8 Å². The van der Waals surface area contributed by atoms with Gasteiger partial charge < -0.3 is 30.0 Å². The minimum atomic E-state index is -0.524. The second-order valence-corrected chi connectivity index (χ2v) is 7.34. The number of aliphatic hydroxyl groups is 1. The van der Waals surface area contributed by atoms with E-state index in [1.807, 2.05) is 0 Å². The first-order valence-corrected chi connectivity index (χ1v) is 10.1. The lowest BCUT2D eigenvalue weighted by Crippen LogP contribution is -2.51. The number of hydrogen-bond donors (Lipinski definition) is 3. The highest BCUT2D eigenvalue weighted by molar-refractivity contribution is 5.95. The van der Waals surface area contributed by atoms with Crippen molar-refractivity contribution in [1.82, 2.24) is 20.6 Å². The molecular formula is C21H24N4O6. The maximum Gasteiger partial charge on any atom is 0.271 e. The Morgan fingerprint density at radius 1 is 1.13 bits per heavy atom. The summed E-state index contributed by atoms with van der Waals surface area (Å²) in [6, 6.07) is 4.73. The highest BCUT2D eigenvalue weighted by Gasteiger charge is 2.32. The fourth-order valence-corrected chi connectivity index (χ4v) is 3.65. The van der Waals surface area contributed by atoms with Gasteiger partial charge in [-0.25, -0.2) is 4.98 Å². The predicted molar refractivity (Wildman–Crippen MR) is 108 cm³/mol. The normalized spacial score (nSPS) is 22.0. The lowest BCUT2D eigenvalue weighted by atomic mass is 9.97. The van der Waals surface area contributed by atoms with Crippen molar-refractivity contribution in [2.75, 3.05) is 19.9 Å². The van der Waals surface area contributed by atoms with Gasteiger partial charge in [-0.15, -0.1) is 0 Å². The first-order chi connectivity index (χ1) is 15.1. The quantitative estimate of drug-likeness (QED) is 0.586. The molecule has 31 heavy (non-hydrogen) atoms. The molecule has 3 N–H and O–H groups in total. The number of nitrogens with one attached hydrogen (secondary N) is 2. The smallest absolute Gasteiger partial charge is 0.271 e. The molecule has 2 aromatic rings. The molecular weight excluding hydrogens is 404 g/mol. The van der Waals surface area contributed by atoms with Crippen LogP contribution in [0.2, 0.25) is 0 Å². The number of benzene rings is 1. The van der Waals surface area contributed by atoms with Gasteiger partial charge in [-0.3, -0.25) is 14.6 Å². The van der Waals surface area contributed by atoms with Gasteiger partial charge in [0.05, 0.1) is 24.9 Å². The fraction of sp³-hybridized carbons (Fsp3) is 0.429. The number of ether oxygens (including phenoxy) is 3. The summed E-state index contributed by atoms with van der Waals surface area (Å²) in [4.78, 5) is 32.5. The second-order valence-electron chi connectivity index (χ2n) is 7.34. The van der Waals surface area contributed by atoms with Crippen LogP contribution < -0.4 is 20.1 Å². The molecule has 2 amide bonds. The molecule has 1 aromatic heterocycles. The Balaban J connectivity index is 1.23. The van der Waals surface area contributed by atoms with Gasteiger partial charge in [-0.1, -0.05) is 0 Å². The first-order valence-electron chi connectivity index (χ1n) is 10.1. The lowest BCUT2D eigenvalue weighted by molar-refractivity contribution is -0.0893. The zero-order valence-electron chi connectivity index (χ0n) is 16.8. The largest absolute Gasteiger partial charge is 0.454 e. The molecule has 10 nitrogen and oxygen atoms in total. The fourth-order valence-electron chi connectivity index (χ4n) is 3.65. The molecule has 3 heterocycles. The summed E-state index contributed by atoms with van der Waals surface area (Å²) < 4.78 is 16.5. The van der Waals surface area contributed by atoms with E-state index in [-0.39, 0.29) is 43.1 Å². The third kappa shape index (κ3) is 5.09. The van der Waals surface area contributed by atoms with Gasteiger partial charge >= 0.3 is 0 Å². The summed E-state index contributed by atoms with van der Waals surface area (Å²) >= 11 is 0. The molecule has 10 heteroatoms. The van der Waals surface area contributed by atoms with E-state index in [0.717, 1.165) is 0 Å². The van der Waals surface area contributed by atoms with Crippen molar-refractivity contribution in [3.05, 3.63) is 48.0 Å². The van der Waals surface area contributed by atoms with Gasteiger partial charge in [0.25, 0.3) is 11.8 Å². The first kappa shape index (κ1) is 21.0. The molecule has 2 aliphatic heterocycles. The van der Waals surface area contributed by atoms with Gasteiger partial charge in [-0.2, -0.15) is 0 Å². The van der Waals surface area contributed by atoms with E-state index in [1.54, 1.807) is 18.2 Å². The molecule has 0 bridgehead atoms. The van der Waals surface area contributed by atoms with Crippen LogP contribution in [0.25, 0.3) is 0 Å². The van der Waals surface area contributed by atoms with Crippen molar-refractivity contribution in [1.29, 1.82) is 0 Å². The summed E-state index contributed by atoms with van der Waals surface area (Å²) in [5.41, 5.74) is 0.710. The van der Waals surface area contributed by atoms with Crippen LogP contribution in [0.4, 0.5) is 0 Å². The number of amides is 2. The highest BCUT2D eigenvalue weighted by Crippen LogP contribution is 2.32. The van der Waals surface area contributed by atoms with Crippen LogP contribution in [-0.2, 0) is 4.74 Å². The van der Waals surface area contributed by atoms with Crippen LogP contribution in [0.1, 0.15) is 40.1 Å². The SMILES string of the molecule is O=C(NCC[C@@H]1CC[C@@H](NC(=O)c2cnccn2)[C@@H](CO)O1)c1ccc2c(c1)OCO2. The van der Waals surface area contributed by atoms with Gasteiger partial charge in [-0.05, 0) is 37.5 Å². The van der Waals surface area contributed by atoms with Crippen molar-refractivity contribution in [2.24, 2.45) is 0 Å². The number of nitrogens with zero attached hydrogens (tertiary/aromatic N) is 2. The molecule has 3 atom stereocenters. The summed E-state index contributed by atoms with van der Waals surface area (Å²) in [6.07, 6.45) is 5.62. The molecule has 164 valence electrons. The molecule has 0 aliphatic carbocycles. The van der Waals surface area contributed by atoms with E-state index in [1.165, 1.54) is 18.6 Å². The van der Waals surface area contributed by atoms with Crippen molar-refractivity contribution in [3.8, 4) is 11.5 Å². The summed E-state index contributed by atoms with van der Waals surface area (Å²) in [7, 11) is 0. The minimum absolute atomic E-state index is 0.126. The van der Waals surface area contributed by atoms with E-state index >= 15 is 0 Å². The average molecular weight is 428 g/mol. The molecule has 1 aromatic carbocycles. The molecule has 2 aliphatic rings. The number of hydrogen-bond acceptors (Lipinski definition) is 8. The average Bonchev–Trinajstić information content (AvgIpc) is 3.28. The van der Waals surface area contributed by atoms with E-state index in [9.17, 15) is 14.7 Å².